The van der Waals surface area contributed by atoms with Crippen LogP contribution in [0.5, 0.6) is 0 Å². The number of halogens is 4. The molecule has 0 unspecified atom stereocenters. The number of anilines is 2. The van der Waals surface area contributed by atoms with Gasteiger partial charge < -0.3 is 20.1 Å². The molecule has 11 nitrogen and oxygen atoms in total. The highest BCUT2D eigenvalue weighted by molar-refractivity contribution is 5.69. The van der Waals surface area contributed by atoms with Gasteiger partial charge in [-0.25, -0.2) is 19.2 Å². The van der Waals surface area contributed by atoms with E-state index in [1.165, 1.54) is 22.9 Å². The van der Waals surface area contributed by atoms with Crippen LogP contribution in [0.15, 0.2) is 18.5 Å². The molecule has 1 aliphatic heterocycles. The van der Waals surface area contributed by atoms with Gasteiger partial charge in [0.15, 0.2) is 18.1 Å². The van der Waals surface area contributed by atoms with Gasteiger partial charge in [-0.15, -0.1) is 13.2 Å². The Labute approximate surface area is 201 Å². The smallest absolute Gasteiger partial charge is 0.441 e. The van der Waals surface area contributed by atoms with Gasteiger partial charge in [-0.2, -0.15) is 5.10 Å². The lowest BCUT2D eigenvalue weighted by Crippen LogP contribution is -2.39. The third kappa shape index (κ3) is 5.21. The highest BCUT2D eigenvalue weighted by atomic mass is 19.4. The van der Waals surface area contributed by atoms with Gasteiger partial charge in [0.1, 0.15) is 11.8 Å². The van der Waals surface area contributed by atoms with Crippen LogP contribution in [0.2, 0.25) is 0 Å². The molecular formula is C21H23F4N7O4. The second-order valence-electron chi connectivity index (χ2n) is 9.09. The van der Waals surface area contributed by atoms with Gasteiger partial charge in [0.05, 0.1) is 24.6 Å². The number of alkyl halides is 4. The number of aryl methyl sites for hydroxylation is 1. The number of rotatable bonds is 7. The Morgan fingerprint density at radius 1 is 1.39 bits per heavy atom. The van der Waals surface area contributed by atoms with Crippen molar-refractivity contribution in [3.05, 3.63) is 35.4 Å². The lowest BCUT2D eigenvalue weighted by Gasteiger charge is -2.17. The largest absolute Gasteiger partial charge is 0.522 e. The first-order valence-electron chi connectivity index (χ1n) is 11.1. The molecule has 194 valence electrons. The lowest BCUT2D eigenvalue weighted by molar-refractivity contribution is -0.330. The molecule has 3 atom stereocenters. The molecule has 1 amide bonds. The van der Waals surface area contributed by atoms with Gasteiger partial charge in [-0.1, -0.05) is 0 Å². The van der Waals surface area contributed by atoms with E-state index in [2.05, 4.69) is 35.5 Å². The van der Waals surface area contributed by atoms with Gasteiger partial charge in [-0.05, 0) is 26.7 Å². The van der Waals surface area contributed by atoms with E-state index in [0.717, 1.165) is 12.8 Å². The summed E-state index contributed by atoms with van der Waals surface area (Å²) in [5.41, 5.74) is 1.08. The van der Waals surface area contributed by atoms with E-state index >= 15 is 0 Å². The second-order valence-corrected chi connectivity index (χ2v) is 9.09. The van der Waals surface area contributed by atoms with Crippen molar-refractivity contribution in [3.8, 4) is 0 Å². The molecule has 5 rings (SSSR count). The number of H-pyrrole nitrogens is 1. The first-order chi connectivity index (χ1) is 17.0. The molecule has 1 saturated carbocycles. The summed E-state index contributed by atoms with van der Waals surface area (Å²) in [4.78, 5) is 20.4. The van der Waals surface area contributed by atoms with Crippen molar-refractivity contribution in [2.75, 3.05) is 11.9 Å². The van der Waals surface area contributed by atoms with E-state index in [4.69, 9.17) is 9.47 Å². The van der Waals surface area contributed by atoms with Crippen molar-refractivity contribution in [1.82, 2.24) is 29.9 Å². The number of nitrogens with one attached hydrogen (secondary N) is 3. The minimum atomic E-state index is -4.78. The SMILES string of the molecule is Cc1cnc(Nc2cc([C@H]3OC[C@@H](OC(=O)NC4(C)CC4)[C@@H]3F)[nH]n2)n2cc(COC(F)(F)F)nc12. The number of hydrogen-bond donors (Lipinski definition) is 3. The minimum absolute atomic E-state index is 0.0552. The number of fused-ring (bicyclic) bond motifs is 1. The molecule has 1 saturated heterocycles. The minimum Gasteiger partial charge on any atom is -0.441 e. The van der Waals surface area contributed by atoms with Crippen molar-refractivity contribution >= 4 is 23.5 Å². The number of amides is 1. The monoisotopic (exact) mass is 513 g/mol. The molecular weight excluding hydrogens is 490 g/mol. The molecule has 2 fully saturated rings. The Hall–Kier alpha value is -3.46. The maximum atomic E-state index is 15.0. The predicted octanol–water partition coefficient (Wildman–Crippen LogP) is 3.60. The van der Waals surface area contributed by atoms with E-state index < -0.39 is 37.4 Å². The molecule has 3 N–H and O–H groups in total. The first-order valence-corrected chi connectivity index (χ1v) is 11.1. The number of carbonyl (C=O) groups is 1. The number of aromatic amines is 1. The summed E-state index contributed by atoms with van der Waals surface area (Å²) in [6.07, 6.45) is -4.64. The Morgan fingerprint density at radius 2 is 2.17 bits per heavy atom. The van der Waals surface area contributed by atoms with Crippen LogP contribution in [-0.4, -0.2) is 61.4 Å². The predicted molar refractivity (Wildman–Crippen MR) is 115 cm³/mol. The fourth-order valence-electron chi connectivity index (χ4n) is 3.79. The lowest BCUT2D eigenvalue weighted by atomic mass is 10.1. The zero-order valence-electron chi connectivity index (χ0n) is 19.2. The summed E-state index contributed by atoms with van der Waals surface area (Å²) in [6.45, 7) is 2.72. The van der Waals surface area contributed by atoms with Gasteiger partial charge in [0.2, 0.25) is 5.95 Å². The zero-order chi connectivity index (χ0) is 25.7. The number of imidazole rings is 1. The second kappa shape index (κ2) is 8.89. The van der Waals surface area contributed by atoms with Crippen LogP contribution >= 0.6 is 0 Å². The quantitative estimate of drug-likeness (QED) is 0.409. The number of ether oxygens (including phenoxy) is 3. The summed E-state index contributed by atoms with van der Waals surface area (Å²) in [6, 6.07) is 1.50. The van der Waals surface area contributed by atoms with Crippen molar-refractivity contribution in [3.63, 3.8) is 0 Å². The normalized spacial score (nSPS) is 23.1. The summed E-state index contributed by atoms with van der Waals surface area (Å²) in [7, 11) is 0. The molecule has 3 aromatic rings. The van der Waals surface area contributed by atoms with E-state index in [0.29, 0.717) is 16.9 Å². The fraction of sp³-hybridized carbons (Fsp3) is 0.524. The van der Waals surface area contributed by atoms with Crippen LogP contribution in [0, 0.1) is 6.92 Å². The van der Waals surface area contributed by atoms with Gasteiger partial charge in [-0.3, -0.25) is 14.2 Å². The van der Waals surface area contributed by atoms with Crippen molar-refractivity contribution < 1.29 is 36.6 Å². The Balaban J connectivity index is 1.26. The van der Waals surface area contributed by atoms with Gasteiger partial charge in [0.25, 0.3) is 0 Å². The van der Waals surface area contributed by atoms with E-state index in [9.17, 15) is 22.4 Å². The number of hydrogen-bond acceptors (Lipinski definition) is 8. The van der Waals surface area contributed by atoms with Crippen LogP contribution in [0.1, 0.15) is 42.8 Å². The van der Waals surface area contributed by atoms with E-state index in [1.807, 2.05) is 6.92 Å². The molecule has 0 bridgehead atoms. The fourth-order valence-corrected chi connectivity index (χ4v) is 3.79. The number of aromatic nitrogens is 5. The Morgan fingerprint density at radius 3 is 2.89 bits per heavy atom. The average Bonchev–Trinajstić information content (AvgIpc) is 3.16. The summed E-state index contributed by atoms with van der Waals surface area (Å²) < 4.78 is 68.2. The zero-order valence-corrected chi connectivity index (χ0v) is 19.2. The average molecular weight is 513 g/mol. The third-order valence-electron chi connectivity index (χ3n) is 5.99. The topological polar surface area (TPSA) is 128 Å². The van der Waals surface area contributed by atoms with Crippen molar-refractivity contribution in [1.29, 1.82) is 0 Å². The van der Waals surface area contributed by atoms with Crippen LogP contribution in [0.3, 0.4) is 0 Å². The summed E-state index contributed by atoms with van der Waals surface area (Å²) in [5.74, 6) is 0.471. The Kier molecular flexibility index (Phi) is 5.98. The first kappa shape index (κ1) is 24.2. The van der Waals surface area contributed by atoms with Crippen molar-refractivity contribution in [2.45, 2.75) is 63.6 Å². The maximum Gasteiger partial charge on any atom is 0.522 e. The van der Waals surface area contributed by atoms with Crippen LogP contribution in [-0.2, 0) is 20.8 Å². The van der Waals surface area contributed by atoms with Crippen LogP contribution < -0.4 is 10.6 Å². The molecule has 3 aromatic heterocycles. The van der Waals surface area contributed by atoms with E-state index in [-0.39, 0.29) is 29.6 Å². The molecule has 4 heterocycles. The molecule has 2 aliphatic rings. The molecule has 0 spiro atoms. The standard InChI is InChI=1S/C21H23F4N7O4/c1-10-6-26-18(32-7-11(27-17(10)32)8-35-21(23,24)25)28-14-5-12(30-31-14)16-15(22)13(9-34-16)36-19(33)29-20(2)3-4-20/h5-7,13,15-16H,3-4,8-9H2,1-2H3,(H,29,33)(H2,26,28,30,31)/t13-,15+,16-/m1/s1. The molecule has 15 heteroatoms. The summed E-state index contributed by atoms with van der Waals surface area (Å²) >= 11 is 0. The Bertz CT molecular complexity index is 1270. The van der Waals surface area contributed by atoms with Crippen molar-refractivity contribution in [2.24, 2.45) is 0 Å². The molecule has 0 aromatic carbocycles. The highest BCUT2D eigenvalue weighted by Gasteiger charge is 2.44. The van der Waals surface area contributed by atoms with Crippen LogP contribution in [0.25, 0.3) is 5.65 Å². The molecule has 1 aliphatic carbocycles. The van der Waals surface area contributed by atoms with Gasteiger partial charge >= 0.3 is 12.5 Å². The number of carbonyl (C=O) groups excluding carboxylic acids is 1. The molecule has 36 heavy (non-hydrogen) atoms. The number of alkyl carbamates (subject to hydrolysis) is 1. The molecule has 0 radical (unpaired) electrons. The van der Waals surface area contributed by atoms with Gasteiger partial charge in [0, 0.05) is 29.6 Å². The summed E-state index contributed by atoms with van der Waals surface area (Å²) in [5, 5.41) is 12.4. The highest BCUT2D eigenvalue weighted by Crippen LogP contribution is 2.36. The van der Waals surface area contributed by atoms with E-state index in [1.54, 1.807) is 6.92 Å². The third-order valence-corrected chi connectivity index (χ3v) is 5.99. The number of nitrogens with zero attached hydrogens (tertiary/aromatic N) is 4. The van der Waals surface area contributed by atoms with Crippen LogP contribution in [0.4, 0.5) is 34.1 Å². The maximum absolute atomic E-state index is 15.0.